The molecule has 0 aliphatic carbocycles. The Balaban J connectivity index is 2.08. The molecule has 0 amide bonds. The Labute approximate surface area is 108 Å². The predicted octanol–water partition coefficient (Wildman–Crippen LogP) is 4.51. The molecule has 0 fully saturated rings. The standard InChI is InChI=1S/C15H19NO2/c1-3-4-6-11-14-12(2)16-18-15(14)17-13-9-7-5-8-10-13/h5,7-10H,3-4,6,11H2,1-2H3. The topological polar surface area (TPSA) is 35.3 Å². The number of aryl methyl sites for hydroxylation is 1. The van der Waals surface area contributed by atoms with Crippen LogP contribution < -0.4 is 4.74 Å². The number of ether oxygens (including phenoxy) is 1. The van der Waals surface area contributed by atoms with Crippen molar-refractivity contribution < 1.29 is 9.26 Å². The summed E-state index contributed by atoms with van der Waals surface area (Å²) in [5.74, 6) is 1.32. The van der Waals surface area contributed by atoms with Crippen LogP contribution in [0.15, 0.2) is 34.9 Å². The number of unbranched alkanes of at least 4 members (excludes halogenated alkanes) is 2. The van der Waals surface area contributed by atoms with Crippen molar-refractivity contribution in [1.29, 1.82) is 0 Å². The van der Waals surface area contributed by atoms with Crippen LogP contribution in [-0.4, -0.2) is 5.16 Å². The molecule has 0 saturated carbocycles. The van der Waals surface area contributed by atoms with Gasteiger partial charge in [-0.3, -0.25) is 0 Å². The lowest BCUT2D eigenvalue weighted by molar-refractivity contribution is 0.286. The van der Waals surface area contributed by atoms with E-state index in [2.05, 4.69) is 12.1 Å². The lowest BCUT2D eigenvalue weighted by Crippen LogP contribution is -1.91. The van der Waals surface area contributed by atoms with Crippen LogP contribution in [0.2, 0.25) is 0 Å². The third-order valence-electron chi connectivity index (χ3n) is 2.93. The summed E-state index contributed by atoms with van der Waals surface area (Å²) in [6, 6.07) is 9.66. The van der Waals surface area contributed by atoms with Crippen LogP contribution in [0, 0.1) is 6.92 Å². The van der Waals surface area contributed by atoms with Gasteiger partial charge in [0.05, 0.1) is 11.3 Å². The van der Waals surface area contributed by atoms with Crippen LogP contribution in [0.4, 0.5) is 0 Å². The zero-order chi connectivity index (χ0) is 12.8. The minimum absolute atomic E-state index is 0.537. The first-order valence-electron chi connectivity index (χ1n) is 6.49. The largest absolute Gasteiger partial charge is 0.424 e. The Bertz CT molecular complexity index is 476. The molecule has 0 aliphatic rings. The molecule has 0 saturated heterocycles. The summed E-state index contributed by atoms with van der Waals surface area (Å²) in [5, 5.41) is 3.99. The van der Waals surface area contributed by atoms with E-state index < -0.39 is 0 Å². The van der Waals surface area contributed by atoms with E-state index in [0.29, 0.717) is 5.95 Å². The first kappa shape index (κ1) is 12.7. The van der Waals surface area contributed by atoms with Crippen LogP contribution in [0.1, 0.15) is 37.4 Å². The average molecular weight is 245 g/mol. The number of hydrogen-bond acceptors (Lipinski definition) is 3. The van der Waals surface area contributed by atoms with Crippen molar-refractivity contribution in [2.45, 2.75) is 39.5 Å². The van der Waals surface area contributed by atoms with Crippen molar-refractivity contribution in [1.82, 2.24) is 5.16 Å². The maximum absolute atomic E-state index is 5.73. The number of nitrogens with zero attached hydrogens (tertiary/aromatic N) is 1. The fourth-order valence-corrected chi connectivity index (χ4v) is 1.88. The second-order valence-corrected chi connectivity index (χ2v) is 4.41. The lowest BCUT2D eigenvalue weighted by Gasteiger charge is -2.04. The van der Waals surface area contributed by atoms with Gasteiger partial charge >= 0.3 is 5.95 Å². The Morgan fingerprint density at radius 2 is 1.94 bits per heavy atom. The molecule has 3 nitrogen and oxygen atoms in total. The Hall–Kier alpha value is -1.77. The molecule has 1 heterocycles. The molecule has 18 heavy (non-hydrogen) atoms. The highest BCUT2D eigenvalue weighted by Gasteiger charge is 2.14. The van der Waals surface area contributed by atoms with Gasteiger partial charge in [-0.2, -0.15) is 0 Å². The summed E-state index contributed by atoms with van der Waals surface area (Å²) >= 11 is 0. The summed E-state index contributed by atoms with van der Waals surface area (Å²) in [6.45, 7) is 4.16. The minimum Gasteiger partial charge on any atom is -0.424 e. The van der Waals surface area contributed by atoms with Crippen molar-refractivity contribution >= 4 is 0 Å². The van der Waals surface area contributed by atoms with Gasteiger partial charge in [0.2, 0.25) is 0 Å². The number of benzene rings is 1. The Morgan fingerprint density at radius 3 is 2.67 bits per heavy atom. The second kappa shape index (κ2) is 6.24. The quantitative estimate of drug-likeness (QED) is 0.702. The van der Waals surface area contributed by atoms with E-state index in [0.717, 1.165) is 29.8 Å². The number of hydrogen-bond donors (Lipinski definition) is 0. The van der Waals surface area contributed by atoms with Gasteiger partial charge in [-0.15, -0.1) is 0 Å². The van der Waals surface area contributed by atoms with E-state index in [4.69, 9.17) is 9.26 Å². The van der Waals surface area contributed by atoms with E-state index in [-0.39, 0.29) is 0 Å². The summed E-state index contributed by atoms with van der Waals surface area (Å²) in [5.41, 5.74) is 2.02. The molecule has 0 aliphatic heterocycles. The van der Waals surface area contributed by atoms with E-state index in [1.165, 1.54) is 12.8 Å². The van der Waals surface area contributed by atoms with Crippen molar-refractivity contribution in [3.05, 3.63) is 41.6 Å². The van der Waals surface area contributed by atoms with Crippen molar-refractivity contribution in [2.24, 2.45) is 0 Å². The van der Waals surface area contributed by atoms with Gasteiger partial charge in [0.25, 0.3) is 0 Å². The van der Waals surface area contributed by atoms with E-state index in [1.54, 1.807) is 0 Å². The van der Waals surface area contributed by atoms with Gasteiger partial charge in [-0.05, 0) is 31.9 Å². The average Bonchev–Trinajstić information content (AvgIpc) is 2.73. The molecular weight excluding hydrogens is 226 g/mol. The summed E-state index contributed by atoms with van der Waals surface area (Å²) in [4.78, 5) is 0. The van der Waals surface area contributed by atoms with E-state index >= 15 is 0 Å². The molecule has 2 aromatic rings. The van der Waals surface area contributed by atoms with Crippen molar-refractivity contribution in [2.75, 3.05) is 0 Å². The van der Waals surface area contributed by atoms with E-state index in [9.17, 15) is 0 Å². The third-order valence-corrected chi connectivity index (χ3v) is 2.93. The molecule has 0 N–H and O–H groups in total. The molecular formula is C15H19NO2. The predicted molar refractivity (Wildman–Crippen MR) is 71.0 cm³/mol. The zero-order valence-corrected chi connectivity index (χ0v) is 11.0. The Kier molecular flexibility index (Phi) is 4.40. The van der Waals surface area contributed by atoms with Gasteiger partial charge < -0.3 is 9.26 Å². The molecule has 1 aromatic heterocycles. The third kappa shape index (κ3) is 3.13. The van der Waals surface area contributed by atoms with Crippen molar-refractivity contribution in [3.8, 4) is 11.7 Å². The SMILES string of the molecule is CCCCCc1c(C)noc1Oc1ccccc1. The van der Waals surface area contributed by atoms with Crippen LogP contribution in [-0.2, 0) is 6.42 Å². The van der Waals surface area contributed by atoms with Gasteiger partial charge in [0.15, 0.2) is 0 Å². The van der Waals surface area contributed by atoms with Crippen LogP contribution in [0.3, 0.4) is 0 Å². The summed E-state index contributed by atoms with van der Waals surface area (Å²) in [7, 11) is 0. The molecule has 0 spiro atoms. The van der Waals surface area contributed by atoms with Gasteiger partial charge in [-0.1, -0.05) is 43.1 Å². The molecule has 0 atom stereocenters. The molecule has 0 unspecified atom stereocenters. The molecule has 3 heteroatoms. The number of rotatable bonds is 6. The summed E-state index contributed by atoms with van der Waals surface area (Å²) in [6.07, 6.45) is 4.53. The smallest absolute Gasteiger partial charge is 0.320 e. The maximum atomic E-state index is 5.73. The summed E-state index contributed by atoms with van der Waals surface area (Å²) < 4.78 is 11.0. The molecule has 0 radical (unpaired) electrons. The molecule has 1 aromatic carbocycles. The van der Waals surface area contributed by atoms with Gasteiger partial charge in [0, 0.05) is 0 Å². The molecule has 0 bridgehead atoms. The maximum Gasteiger partial charge on any atom is 0.320 e. The molecule has 2 rings (SSSR count). The van der Waals surface area contributed by atoms with Gasteiger partial charge in [0.1, 0.15) is 5.75 Å². The monoisotopic (exact) mass is 245 g/mol. The van der Waals surface area contributed by atoms with Crippen LogP contribution in [0.5, 0.6) is 11.7 Å². The number of para-hydroxylation sites is 1. The Morgan fingerprint density at radius 1 is 1.17 bits per heavy atom. The highest BCUT2D eigenvalue weighted by Crippen LogP contribution is 2.28. The van der Waals surface area contributed by atoms with Gasteiger partial charge in [-0.25, -0.2) is 0 Å². The number of aromatic nitrogens is 1. The first-order valence-corrected chi connectivity index (χ1v) is 6.49. The minimum atomic E-state index is 0.537. The fourth-order valence-electron chi connectivity index (χ4n) is 1.88. The lowest BCUT2D eigenvalue weighted by atomic mass is 10.1. The van der Waals surface area contributed by atoms with E-state index in [1.807, 2.05) is 37.3 Å². The molecule has 96 valence electrons. The first-order chi connectivity index (χ1) is 8.81. The second-order valence-electron chi connectivity index (χ2n) is 4.41. The highest BCUT2D eigenvalue weighted by molar-refractivity contribution is 5.32. The van der Waals surface area contributed by atoms with Crippen LogP contribution in [0.25, 0.3) is 0 Å². The van der Waals surface area contributed by atoms with Crippen LogP contribution >= 0.6 is 0 Å². The zero-order valence-electron chi connectivity index (χ0n) is 11.0. The fraction of sp³-hybridized carbons (Fsp3) is 0.400. The normalized spacial score (nSPS) is 10.6. The highest BCUT2D eigenvalue weighted by atomic mass is 16.6. The van der Waals surface area contributed by atoms with Crippen molar-refractivity contribution in [3.63, 3.8) is 0 Å².